The van der Waals surface area contributed by atoms with Gasteiger partial charge in [0, 0.05) is 50.4 Å². The molecule has 1 fully saturated rings. The number of anilines is 1. The molecular formula is C19H22ClN5O2. The van der Waals surface area contributed by atoms with Gasteiger partial charge in [-0.1, -0.05) is 23.7 Å². The minimum atomic E-state index is -0.141. The highest BCUT2D eigenvalue weighted by molar-refractivity contribution is 6.30. The van der Waals surface area contributed by atoms with Crippen molar-refractivity contribution in [1.29, 1.82) is 0 Å². The Hall–Kier alpha value is -2.67. The molecule has 1 aromatic carbocycles. The van der Waals surface area contributed by atoms with Crippen LogP contribution in [0.25, 0.3) is 0 Å². The van der Waals surface area contributed by atoms with Crippen molar-refractivity contribution in [1.82, 2.24) is 19.8 Å². The lowest BCUT2D eigenvalue weighted by Crippen LogP contribution is -2.50. The molecular weight excluding hydrogens is 366 g/mol. The minimum absolute atomic E-state index is 0.0358. The number of hydrogen-bond acceptors (Lipinski definition) is 5. The van der Waals surface area contributed by atoms with Crippen molar-refractivity contribution in [2.75, 3.05) is 31.5 Å². The lowest BCUT2D eigenvalue weighted by Gasteiger charge is -2.34. The average molecular weight is 388 g/mol. The van der Waals surface area contributed by atoms with E-state index >= 15 is 0 Å². The zero-order valence-electron chi connectivity index (χ0n) is 15.4. The molecule has 1 aliphatic rings. The van der Waals surface area contributed by atoms with Crippen molar-refractivity contribution in [3.05, 3.63) is 52.3 Å². The van der Waals surface area contributed by atoms with Crippen molar-refractivity contribution in [2.45, 2.75) is 20.4 Å². The highest BCUT2D eigenvalue weighted by Crippen LogP contribution is 2.13. The van der Waals surface area contributed by atoms with Crippen LogP contribution >= 0.6 is 11.6 Å². The SMILES string of the molecule is CC(=O)N1CCN(C(=O)c2cc(C)nc(NCc3ccc(Cl)cc3)n2)CC1. The van der Waals surface area contributed by atoms with Gasteiger partial charge in [0.15, 0.2) is 0 Å². The van der Waals surface area contributed by atoms with Gasteiger partial charge in [-0.25, -0.2) is 9.97 Å². The van der Waals surface area contributed by atoms with Crippen LogP contribution in [0.3, 0.4) is 0 Å². The Morgan fingerprint density at radius 3 is 2.33 bits per heavy atom. The third-order valence-corrected chi connectivity index (χ3v) is 4.70. The largest absolute Gasteiger partial charge is 0.350 e. The molecule has 0 saturated carbocycles. The molecule has 1 N–H and O–H groups in total. The second kappa shape index (κ2) is 8.35. The first-order chi connectivity index (χ1) is 12.9. The molecule has 8 heteroatoms. The predicted molar refractivity (Wildman–Crippen MR) is 104 cm³/mol. The molecule has 1 aliphatic heterocycles. The topological polar surface area (TPSA) is 78.4 Å². The van der Waals surface area contributed by atoms with E-state index in [1.165, 1.54) is 0 Å². The van der Waals surface area contributed by atoms with Gasteiger partial charge < -0.3 is 15.1 Å². The molecule has 7 nitrogen and oxygen atoms in total. The number of rotatable bonds is 4. The fraction of sp³-hybridized carbons (Fsp3) is 0.368. The van der Waals surface area contributed by atoms with E-state index in [0.717, 1.165) is 5.56 Å². The number of nitrogens with zero attached hydrogens (tertiary/aromatic N) is 4. The lowest BCUT2D eigenvalue weighted by atomic mass is 10.2. The Kier molecular flexibility index (Phi) is 5.91. The summed E-state index contributed by atoms with van der Waals surface area (Å²) in [5.41, 5.74) is 2.12. The molecule has 0 spiro atoms. The third kappa shape index (κ3) is 4.95. The maximum absolute atomic E-state index is 12.8. The van der Waals surface area contributed by atoms with Crippen LogP contribution in [0.15, 0.2) is 30.3 Å². The van der Waals surface area contributed by atoms with Crippen LogP contribution in [-0.4, -0.2) is 57.8 Å². The molecule has 0 bridgehead atoms. The van der Waals surface area contributed by atoms with Crippen LogP contribution in [0.5, 0.6) is 0 Å². The average Bonchev–Trinajstić information content (AvgIpc) is 2.66. The Morgan fingerprint density at radius 2 is 1.70 bits per heavy atom. The van der Waals surface area contributed by atoms with E-state index < -0.39 is 0 Å². The highest BCUT2D eigenvalue weighted by atomic mass is 35.5. The molecule has 1 aromatic heterocycles. The van der Waals surface area contributed by atoms with Crippen LogP contribution in [0.1, 0.15) is 28.7 Å². The molecule has 0 atom stereocenters. The van der Waals surface area contributed by atoms with E-state index in [9.17, 15) is 9.59 Å². The molecule has 0 aliphatic carbocycles. The maximum atomic E-state index is 12.8. The summed E-state index contributed by atoms with van der Waals surface area (Å²) in [7, 11) is 0. The van der Waals surface area contributed by atoms with E-state index in [1.54, 1.807) is 22.8 Å². The highest BCUT2D eigenvalue weighted by Gasteiger charge is 2.24. The van der Waals surface area contributed by atoms with Crippen molar-refractivity contribution >= 4 is 29.4 Å². The Morgan fingerprint density at radius 1 is 1.07 bits per heavy atom. The van der Waals surface area contributed by atoms with Gasteiger partial charge in [0.2, 0.25) is 11.9 Å². The van der Waals surface area contributed by atoms with Crippen molar-refractivity contribution in [3.8, 4) is 0 Å². The van der Waals surface area contributed by atoms with Crippen LogP contribution in [0, 0.1) is 6.92 Å². The molecule has 2 amide bonds. The van der Waals surface area contributed by atoms with Gasteiger partial charge in [-0.2, -0.15) is 0 Å². The number of carbonyl (C=O) groups excluding carboxylic acids is 2. The number of piperazine rings is 1. The summed E-state index contributed by atoms with van der Waals surface area (Å²) in [6.07, 6.45) is 0. The summed E-state index contributed by atoms with van der Waals surface area (Å²) in [6, 6.07) is 9.18. The zero-order valence-corrected chi connectivity index (χ0v) is 16.2. The molecule has 142 valence electrons. The fourth-order valence-electron chi connectivity index (χ4n) is 2.93. The number of amides is 2. The fourth-order valence-corrected chi connectivity index (χ4v) is 3.05. The quantitative estimate of drug-likeness (QED) is 0.871. The smallest absolute Gasteiger partial charge is 0.272 e. The van der Waals surface area contributed by atoms with Crippen molar-refractivity contribution < 1.29 is 9.59 Å². The van der Waals surface area contributed by atoms with E-state index in [-0.39, 0.29) is 11.8 Å². The summed E-state index contributed by atoms with van der Waals surface area (Å²) < 4.78 is 0. The van der Waals surface area contributed by atoms with E-state index in [1.807, 2.05) is 31.2 Å². The van der Waals surface area contributed by atoms with Gasteiger partial charge in [-0.3, -0.25) is 9.59 Å². The van der Waals surface area contributed by atoms with Gasteiger partial charge in [0.25, 0.3) is 5.91 Å². The van der Waals surface area contributed by atoms with E-state index in [4.69, 9.17) is 11.6 Å². The molecule has 27 heavy (non-hydrogen) atoms. The molecule has 3 rings (SSSR count). The first-order valence-corrected chi connectivity index (χ1v) is 9.19. The zero-order chi connectivity index (χ0) is 19.4. The Labute approximate surface area is 163 Å². The lowest BCUT2D eigenvalue weighted by molar-refractivity contribution is -0.130. The standard InChI is InChI=1S/C19H22ClN5O2/c1-13-11-17(18(27)25-9-7-24(8-10-25)14(2)26)23-19(22-13)21-12-15-3-5-16(20)6-4-15/h3-6,11H,7-10,12H2,1-2H3,(H,21,22,23). The van der Waals surface area contributed by atoms with Crippen LogP contribution in [0.2, 0.25) is 5.02 Å². The summed E-state index contributed by atoms with van der Waals surface area (Å²) in [5, 5.41) is 3.84. The summed E-state index contributed by atoms with van der Waals surface area (Å²) in [6.45, 7) is 6.03. The van der Waals surface area contributed by atoms with Gasteiger partial charge in [-0.05, 0) is 30.7 Å². The second-order valence-electron chi connectivity index (χ2n) is 6.50. The van der Waals surface area contributed by atoms with Crippen LogP contribution in [0.4, 0.5) is 5.95 Å². The first kappa shape index (κ1) is 19.1. The Balaban J connectivity index is 1.66. The number of hydrogen-bond donors (Lipinski definition) is 1. The second-order valence-corrected chi connectivity index (χ2v) is 6.93. The van der Waals surface area contributed by atoms with Crippen molar-refractivity contribution in [3.63, 3.8) is 0 Å². The van der Waals surface area contributed by atoms with Crippen LogP contribution < -0.4 is 5.32 Å². The maximum Gasteiger partial charge on any atom is 0.272 e. The molecule has 1 saturated heterocycles. The number of carbonyl (C=O) groups is 2. The minimum Gasteiger partial charge on any atom is -0.350 e. The van der Waals surface area contributed by atoms with Gasteiger partial charge in [0.1, 0.15) is 5.69 Å². The Bertz CT molecular complexity index is 832. The first-order valence-electron chi connectivity index (χ1n) is 8.81. The van der Waals surface area contributed by atoms with Gasteiger partial charge in [0.05, 0.1) is 0 Å². The number of halogens is 1. The number of benzene rings is 1. The monoisotopic (exact) mass is 387 g/mol. The summed E-state index contributed by atoms with van der Waals surface area (Å²) in [5.74, 6) is 0.308. The molecule has 0 radical (unpaired) electrons. The summed E-state index contributed by atoms with van der Waals surface area (Å²) in [4.78, 5) is 36.4. The van der Waals surface area contributed by atoms with E-state index in [2.05, 4.69) is 15.3 Å². The number of aryl methyl sites for hydroxylation is 1. The molecule has 2 aromatic rings. The van der Waals surface area contributed by atoms with Crippen molar-refractivity contribution in [2.24, 2.45) is 0 Å². The van der Waals surface area contributed by atoms with Gasteiger partial charge >= 0.3 is 0 Å². The summed E-state index contributed by atoms with van der Waals surface area (Å²) >= 11 is 5.90. The predicted octanol–water partition coefficient (Wildman–Crippen LogP) is 2.35. The normalized spacial score (nSPS) is 14.2. The van der Waals surface area contributed by atoms with Gasteiger partial charge in [-0.15, -0.1) is 0 Å². The number of nitrogens with one attached hydrogen (secondary N) is 1. The molecule has 0 unspecified atom stereocenters. The van der Waals surface area contributed by atoms with E-state index in [0.29, 0.717) is 55.1 Å². The molecule has 2 heterocycles. The third-order valence-electron chi connectivity index (χ3n) is 4.45. The number of aromatic nitrogens is 2. The van der Waals surface area contributed by atoms with Crippen LogP contribution in [-0.2, 0) is 11.3 Å².